The minimum absolute atomic E-state index is 0.0416. The molecule has 0 aromatic carbocycles. The van der Waals surface area contributed by atoms with Crippen molar-refractivity contribution >= 4 is 22.7 Å². The average molecular weight is 357 g/mol. The zero-order chi connectivity index (χ0) is 18.1. The molecule has 1 aliphatic carbocycles. The summed E-state index contributed by atoms with van der Waals surface area (Å²) in [5.41, 5.74) is 0.997. The van der Waals surface area contributed by atoms with Crippen molar-refractivity contribution in [2.24, 2.45) is 4.99 Å². The van der Waals surface area contributed by atoms with Gasteiger partial charge in [0.1, 0.15) is 6.54 Å². The van der Waals surface area contributed by atoms with Gasteiger partial charge in [0.2, 0.25) is 5.91 Å². The van der Waals surface area contributed by atoms with Crippen LogP contribution in [0.3, 0.4) is 0 Å². The van der Waals surface area contributed by atoms with Crippen molar-refractivity contribution < 1.29 is 9.00 Å². The van der Waals surface area contributed by atoms with Crippen LogP contribution in [-0.4, -0.2) is 65.2 Å². The SMILES string of the molecule is C=C(C)CNC(=NCC(=O)N(C)C)NC1CCCC(S(=O)CC)C1. The molecule has 3 atom stereocenters. The largest absolute Gasteiger partial charge is 0.354 e. The van der Waals surface area contributed by atoms with Crippen LogP contribution < -0.4 is 10.6 Å². The first-order valence-electron chi connectivity index (χ1n) is 8.60. The van der Waals surface area contributed by atoms with E-state index >= 15 is 0 Å². The van der Waals surface area contributed by atoms with Gasteiger partial charge in [0.15, 0.2) is 5.96 Å². The van der Waals surface area contributed by atoms with E-state index in [1.165, 1.54) is 4.90 Å². The number of aliphatic imine (C=N–C) groups is 1. The lowest BCUT2D eigenvalue weighted by Gasteiger charge is -2.30. The van der Waals surface area contributed by atoms with Gasteiger partial charge in [0, 0.05) is 48.5 Å². The van der Waals surface area contributed by atoms with Crippen molar-refractivity contribution in [3.8, 4) is 0 Å². The molecule has 6 nitrogen and oxygen atoms in total. The van der Waals surface area contributed by atoms with Gasteiger partial charge in [-0.25, -0.2) is 4.99 Å². The number of likely N-dealkylation sites (N-methyl/N-ethyl adjacent to an activating group) is 1. The summed E-state index contributed by atoms with van der Waals surface area (Å²) in [6.45, 7) is 8.51. The molecule has 138 valence electrons. The highest BCUT2D eigenvalue weighted by Gasteiger charge is 2.26. The number of rotatable bonds is 7. The van der Waals surface area contributed by atoms with E-state index in [-0.39, 0.29) is 23.7 Å². The van der Waals surface area contributed by atoms with Crippen LogP contribution >= 0.6 is 0 Å². The zero-order valence-corrected chi connectivity index (χ0v) is 16.2. The number of carbonyl (C=O) groups is 1. The molecule has 1 aliphatic rings. The lowest BCUT2D eigenvalue weighted by molar-refractivity contribution is -0.127. The van der Waals surface area contributed by atoms with Crippen LogP contribution in [0.4, 0.5) is 0 Å². The van der Waals surface area contributed by atoms with E-state index in [1.807, 2.05) is 13.8 Å². The fourth-order valence-electron chi connectivity index (χ4n) is 2.62. The van der Waals surface area contributed by atoms with Gasteiger partial charge in [-0.05, 0) is 26.2 Å². The number of nitrogens with zero attached hydrogens (tertiary/aromatic N) is 2. The van der Waals surface area contributed by atoms with E-state index < -0.39 is 10.8 Å². The normalized spacial score (nSPS) is 22.6. The zero-order valence-electron chi connectivity index (χ0n) is 15.4. The molecule has 2 N–H and O–H groups in total. The predicted molar refractivity (Wildman–Crippen MR) is 102 cm³/mol. The van der Waals surface area contributed by atoms with Crippen LogP contribution in [0.5, 0.6) is 0 Å². The number of amides is 1. The fourth-order valence-corrected chi connectivity index (χ4v) is 3.97. The van der Waals surface area contributed by atoms with Crippen LogP contribution in [0.25, 0.3) is 0 Å². The summed E-state index contributed by atoms with van der Waals surface area (Å²) >= 11 is 0. The molecule has 0 aromatic rings. The van der Waals surface area contributed by atoms with Crippen LogP contribution in [0.2, 0.25) is 0 Å². The third kappa shape index (κ3) is 7.47. The molecule has 0 radical (unpaired) electrons. The lowest BCUT2D eigenvalue weighted by Crippen LogP contribution is -2.47. The summed E-state index contributed by atoms with van der Waals surface area (Å²) < 4.78 is 12.1. The van der Waals surface area contributed by atoms with Crippen LogP contribution in [0, 0.1) is 0 Å². The molecular weight excluding hydrogens is 324 g/mol. The molecule has 1 rings (SSSR count). The molecule has 3 unspecified atom stereocenters. The van der Waals surface area contributed by atoms with Gasteiger partial charge in [0.25, 0.3) is 0 Å². The molecule has 24 heavy (non-hydrogen) atoms. The number of carbonyl (C=O) groups excluding carboxylic acids is 1. The topological polar surface area (TPSA) is 73.8 Å². The molecule has 0 aromatic heterocycles. The van der Waals surface area contributed by atoms with Gasteiger partial charge in [0.05, 0.1) is 0 Å². The van der Waals surface area contributed by atoms with Crippen molar-refractivity contribution in [3.63, 3.8) is 0 Å². The second-order valence-corrected chi connectivity index (χ2v) is 8.57. The smallest absolute Gasteiger partial charge is 0.243 e. The van der Waals surface area contributed by atoms with Crippen molar-refractivity contribution in [2.45, 2.75) is 50.8 Å². The van der Waals surface area contributed by atoms with Gasteiger partial charge >= 0.3 is 0 Å². The van der Waals surface area contributed by atoms with Gasteiger partial charge in [-0.1, -0.05) is 25.5 Å². The second-order valence-electron chi connectivity index (χ2n) is 6.56. The van der Waals surface area contributed by atoms with Crippen LogP contribution in [-0.2, 0) is 15.6 Å². The first kappa shape index (κ1) is 20.7. The van der Waals surface area contributed by atoms with Gasteiger partial charge in [-0.15, -0.1) is 0 Å². The lowest BCUT2D eigenvalue weighted by atomic mass is 9.95. The maximum absolute atomic E-state index is 12.1. The first-order valence-corrected chi connectivity index (χ1v) is 9.98. The van der Waals surface area contributed by atoms with Gasteiger partial charge < -0.3 is 15.5 Å². The predicted octanol–water partition coefficient (Wildman–Crippen LogP) is 1.27. The summed E-state index contributed by atoms with van der Waals surface area (Å²) in [7, 11) is 2.69. The number of hydrogen-bond donors (Lipinski definition) is 2. The quantitative estimate of drug-likeness (QED) is 0.409. The van der Waals surface area contributed by atoms with Crippen molar-refractivity contribution in [1.29, 1.82) is 0 Å². The Labute approximate surface area is 148 Å². The minimum atomic E-state index is -0.752. The van der Waals surface area contributed by atoms with Crippen molar-refractivity contribution in [1.82, 2.24) is 15.5 Å². The monoisotopic (exact) mass is 356 g/mol. The van der Waals surface area contributed by atoms with E-state index in [1.54, 1.807) is 14.1 Å². The highest BCUT2D eigenvalue weighted by Crippen LogP contribution is 2.22. The average Bonchev–Trinajstić information content (AvgIpc) is 2.56. The second kappa shape index (κ2) is 10.5. The molecule has 0 bridgehead atoms. The van der Waals surface area contributed by atoms with E-state index in [0.29, 0.717) is 18.3 Å². The Morgan fingerprint density at radius 2 is 2.08 bits per heavy atom. The van der Waals surface area contributed by atoms with E-state index in [0.717, 1.165) is 31.3 Å². The maximum atomic E-state index is 12.1. The summed E-state index contributed by atoms with van der Waals surface area (Å²) in [6, 6.07) is 0.241. The molecule has 7 heteroatoms. The Morgan fingerprint density at radius 3 is 2.67 bits per heavy atom. The standard InChI is InChI=1S/C17H32N4O2S/c1-6-24(23)15-9-7-8-14(10-15)20-17(18-11-13(2)3)19-12-16(22)21(4)5/h14-15H,2,6-12H2,1,3-5H3,(H2,18,19,20). The van der Waals surface area contributed by atoms with Crippen LogP contribution in [0.1, 0.15) is 39.5 Å². The van der Waals surface area contributed by atoms with Crippen LogP contribution in [0.15, 0.2) is 17.1 Å². The number of guanidine groups is 1. The first-order chi connectivity index (χ1) is 11.3. The molecule has 1 fully saturated rings. The van der Waals surface area contributed by atoms with Gasteiger partial charge in [-0.2, -0.15) is 0 Å². The molecule has 0 saturated heterocycles. The maximum Gasteiger partial charge on any atom is 0.243 e. The highest BCUT2D eigenvalue weighted by molar-refractivity contribution is 7.85. The van der Waals surface area contributed by atoms with E-state index in [9.17, 15) is 9.00 Å². The Bertz CT molecular complexity index is 491. The fraction of sp³-hybridized carbons (Fsp3) is 0.765. The number of hydrogen-bond acceptors (Lipinski definition) is 3. The minimum Gasteiger partial charge on any atom is -0.354 e. The molecule has 1 amide bonds. The Kier molecular flexibility index (Phi) is 9.03. The number of nitrogens with one attached hydrogen (secondary N) is 2. The Hall–Kier alpha value is -1.37. The van der Waals surface area contributed by atoms with Crippen molar-refractivity contribution in [3.05, 3.63) is 12.2 Å². The third-order valence-electron chi connectivity index (χ3n) is 4.05. The Balaban J connectivity index is 2.68. The summed E-state index contributed by atoms with van der Waals surface area (Å²) in [5, 5.41) is 6.88. The molecule has 0 spiro atoms. The third-order valence-corrected chi connectivity index (χ3v) is 5.79. The molecule has 1 saturated carbocycles. The summed E-state index contributed by atoms with van der Waals surface area (Å²) in [5.74, 6) is 1.30. The Morgan fingerprint density at radius 1 is 1.38 bits per heavy atom. The van der Waals surface area contributed by atoms with E-state index in [2.05, 4.69) is 22.2 Å². The molecule has 0 aliphatic heterocycles. The van der Waals surface area contributed by atoms with Crippen molar-refractivity contribution in [2.75, 3.05) is 32.9 Å². The molecule has 0 heterocycles. The highest BCUT2D eigenvalue weighted by atomic mass is 32.2. The summed E-state index contributed by atoms with van der Waals surface area (Å²) in [4.78, 5) is 17.7. The van der Waals surface area contributed by atoms with E-state index in [4.69, 9.17) is 0 Å². The molecular formula is C17H32N4O2S. The van der Waals surface area contributed by atoms with Gasteiger partial charge in [-0.3, -0.25) is 9.00 Å². The summed E-state index contributed by atoms with van der Waals surface area (Å²) in [6.07, 6.45) is 4.02.